The van der Waals surface area contributed by atoms with Gasteiger partial charge in [0.15, 0.2) is 9.04 Å². The van der Waals surface area contributed by atoms with E-state index in [9.17, 15) is 8.42 Å². The molecule has 0 aliphatic heterocycles. The molecule has 0 amide bonds. The highest BCUT2D eigenvalue weighted by molar-refractivity contribution is 7.95. The highest BCUT2D eigenvalue weighted by atomic mass is 32.2. The van der Waals surface area contributed by atoms with Gasteiger partial charge in [-0.2, -0.15) is 4.39 Å². The van der Waals surface area contributed by atoms with Gasteiger partial charge >= 0.3 is 0 Å². The van der Waals surface area contributed by atoms with Gasteiger partial charge in [-0.05, 0) is 54.8 Å². The van der Waals surface area contributed by atoms with Crippen LogP contribution in [0.4, 0.5) is 4.39 Å². The largest absolute Gasteiger partial charge is 0.497 e. The van der Waals surface area contributed by atoms with Crippen LogP contribution < -0.4 is 4.74 Å². The molecule has 0 spiro atoms. The van der Waals surface area contributed by atoms with Gasteiger partial charge in [0.2, 0.25) is 15.0 Å². The van der Waals surface area contributed by atoms with Crippen LogP contribution in [0.25, 0.3) is 0 Å². The van der Waals surface area contributed by atoms with Gasteiger partial charge in [0.1, 0.15) is 5.75 Å². The second-order valence-electron chi connectivity index (χ2n) is 9.20. The minimum Gasteiger partial charge on any atom is -0.497 e. The van der Waals surface area contributed by atoms with Gasteiger partial charge in [-0.15, -0.1) is 0 Å². The first kappa shape index (κ1) is 27.2. The second kappa shape index (κ2) is 11.9. The third-order valence-corrected chi connectivity index (χ3v) is 7.44. The molecule has 0 N–H and O–H groups in total. The minimum atomic E-state index is -4.30. The van der Waals surface area contributed by atoms with E-state index >= 15 is 4.39 Å². The molecule has 33 heavy (non-hydrogen) atoms. The fourth-order valence-corrected chi connectivity index (χ4v) is 5.78. The summed E-state index contributed by atoms with van der Waals surface area (Å²) < 4.78 is 59.0. The summed E-state index contributed by atoms with van der Waals surface area (Å²) in [5, 5.41) is -1.14. The van der Waals surface area contributed by atoms with Crippen molar-refractivity contribution in [3.8, 4) is 5.75 Å². The molecule has 2 rings (SSSR count). The summed E-state index contributed by atoms with van der Waals surface area (Å²) in [6, 6.07) is 15.1. The van der Waals surface area contributed by atoms with Gasteiger partial charge in [-0.3, -0.25) is 0 Å². The van der Waals surface area contributed by atoms with Gasteiger partial charge in [0.25, 0.3) is 0 Å². The minimum absolute atomic E-state index is 0.0754. The molecule has 0 fully saturated rings. The summed E-state index contributed by atoms with van der Waals surface area (Å²) in [6.07, 6.45) is -0.566. The number of methoxy groups -OCH3 is 1. The first-order chi connectivity index (χ1) is 15.5. The van der Waals surface area contributed by atoms with E-state index in [0.29, 0.717) is 6.61 Å². The molecule has 5 nitrogen and oxygen atoms in total. The third-order valence-electron chi connectivity index (χ3n) is 5.00. The number of hydrogen-bond donors (Lipinski definition) is 0. The maximum absolute atomic E-state index is 15.8. The van der Waals surface area contributed by atoms with Crippen molar-refractivity contribution in [3.63, 3.8) is 0 Å². The summed E-state index contributed by atoms with van der Waals surface area (Å²) in [6.45, 7) is 10.2. The van der Waals surface area contributed by atoms with Crippen molar-refractivity contribution in [2.75, 3.05) is 13.7 Å². The Morgan fingerprint density at radius 3 is 2.15 bits per heavy atom. The average molecular weight is 495 g/mol. The Labute approximate surface area is 199 Å². The zero-order valence-corrected chi connectivity index (χ0v) is 22.3. The third kappa shape index (κ3) is 7.77. The van der Waals surface area contributed by atoms with Crippen LogP contribution in [0.3, 0.4) is 0 Å². The lowest BCUT2D eigenvalue weighted by Gasteiger charge is -2.35. The highest BCUT2D eigenvalue weighted by Crippen LogP contribution is 2.36. The Morgan fingerprint density at radius 1 is 1.03 bits per heavy atom. The number of ether oxygens (including phenoxy) is 2. The van der Waals surface area contributed by atoms with Crippen molar-refractivity contribution in [2.24, 2.45) is 5.41 Å². The predicted molar refractivity (Wildman–Crippen MR) is 132 cm³/mol. The molecular weight excluding hydrogens is 459 g/mol. The Hall–Kier alpha value is -2.00. The Balaban J connectivity index is 2.32. The van der Waals surface area contributed by atoms with Gasteiger partial charge in [0, 0.05) is 5.57 Å². The number of benzene rings is 2. The molecule has 1 unspecified atom stereocenters. The van der Waals surface area contributed by atoms with Crippen LogP contribution in [0.1, 0.15) is 32.8 Å². The van der Waals surface area contributed by atoms with Crippen LogP contribution >= 0.6 is 0 Å². The van der Waals surface area contributed by atoms with Crippen LogP contribution in [0, 0.1) is 5.41 Å². The fraction of sp³-hybridized carbons (Fsp3) is 0.440. The van der Waals surface area contributed by atoms with Crippen LogP contribution in [-0.4, -0.2) is 37.3 Å². The van der Waals surface area contributed by atoms with Crippen LogP contribution in [0.15, 0.2) is 70.2 Å². The molecular formula is C25H35FO5SSi. The van der Waals surface area contributed by atoms with Crippen molar-refractivity contribution >= 4 is 18.9 Å². The standard InChI is InChI=1S/C25H35FO5SSi/c1-25(2,3)23(31-33(5)6)22(24(26)32(27,28)21-10-8-7-9-11-21)16-17-30-18-19-12-14-20(29-4)15-13-19/h7-15,23,33H,16-18H2,1-6H3. The van der Waals surface area contributed by atoms with Crippen molar-refractivity contribution in [2.45, 2.75) is 57.9 Å². The van der Waals surface area contributed by atoms with Crippen molar-refractivity contribution < 1.29 is 26.7 Å². The predicted octanol–water partition coefficient (Wildman–Crippen LogP) is 5.67. The van der Waals surface area contributed by atoms with Gasteiger partial charge in [-0.1, -0.05) is 51.1 Å². The monoisotopic (exact) mass is 494 g/mol. The Bertz CT molecular complexity index is 1010. The zero-order chi connectivity index (χ0) is 24.6. The lowest BCUT2D eigenvalue weighted by molar-refractivity contribution is 0.0923. The number of hydrogen-bond acceptors (Lipinski definition) is 5. The smallest absolute Gasteiger partial charge is 0.233 e. The average Bonchev–Trinajstić information content (AvgIpc) is 2.77. The van der Waals surface area contributed by atoms with Crippen molar-refractivity contribution in [3.05, 3.63) is 70.9 Å². The van der Waals surface area contributed by atoms with E-state index in [4.69, 9.17) is 13.9 Å². The number of rotatable bonds is 11. The highest BCUT2D eigenvalue weighted by Gasteiger charge is 2.36. The summed E-state index contributed by atoms with van der Waals surface area (Å²) in [5.41, 5.74) is 0.575. The molecule has 2 aromatic rings. The maximum atomic E-state index is 15.8. The number of sulfone groups is 1. The fourth-order valence-electron chi connectivity index (χ4n) is 3.38. The van der Waals surface area contributed by atoms with E-state index in [0.717, 1.165) is 11.3 Å². The lowest BCUT2D eigenvalue weighted by Crippen LogP contribution is -2.36. The molecule has 0 saturated carbocycles. The molecule has 0 aliphatic carbocycles. The van der Waals surface area contributed by atoms with Crippen molar-refractivity contribution in [1.82, 2.24) is 0 Å². The van der Waals surface area contributed by atoms with E-state index in [-0.39, 0.29) is 23.5 Å². The zero-order valence-electron chi connectivity index (χ0n) is 20.3. The normalized spacial score (nSPS) is 14.2. The molecule has 1 atom stereocenters. The number of halogens is 1. The van der Waals surface area contributed by atoms with Gasteiger partial charge in [-0.25, -0.2) is 8.42 Å². The second-order valence-corrected chi connectivity index (χ2v) is 13.4. The van der Waals surface area contributed by atoms with Crippen LogP contribution in [-0.2, 0) is 25.6 Å². The summed E-state index contributed by atoms with van der Waals surface area (Å²) >= 11 is 0. The van der Waals surface area contributed by atoms with Crippen molar-refractivity contribution in [1.29, 1.82) is 0 Å². The first-order valence-corrected chi connectivity index (χ1v) is 15.3. The molecule has 0 heterocycles. The first-order valence-electron chi connectivity index (χ1n) is 11.0. The molecule has 0 aliphatic rings. The molecule has 2 aromatic carbocycles. The Kier molecular flexibility index (Phi) is 9.84. The van der Waals surface area contributed by atoms with E-state index < -0.39 is 35.6 Å². The summed E-state index contributed by atoms with van der Waals surface area (Å²) in [5.74, 6) is 0.750. The molecule has 0 radical (unpaired) electrons. The topological polar surface area (TPSA) is 61.8 Å². The van der Waals surface area contributed by atoms with E-state index in [2.05, 4.69) is 0 Å². The quantitative estimate of drug-likeness (QED) is 0.297. The van der Waals surface area contributed by atoms with Crippen LogP contribution in [0.2, 0.25) is 13.1 Å². The molecule has 0 saturated heterocycles. The molecule has 0 bridgehead atoms. The summed E-state index contributed by atoms with van der Waals surface area (Å²) in [4.78, 5) is -0.0754. The van der Waals surface area contributed by atoms with E-state index in [1.54, 1.807) is 25.3 Å². The summed E-state index contributed by atoms with van der Waals surface area (Å²) in [7, 11) is -4.30. The van der Waals surface area contributed by atoms with E-state index in [1.165, 1.54) is 12.1 Å². The lowest BCUT2D eigenvalue weighted by atomic mass is 9.84. The Morgan fingerprint density at radius 2 is 1.64 bits per heavy atom. The molecule has 8 heteroatoms. The van der Waals surface area contributed by atoms with Crippen LogP contribution in [0.5, 0.6) is 5.75 Å². The molecule has 0 aromatic heterocycles. The molecule has 182 valence electrons. The van der Waals surface area contributed by atoms with Gasteiger partial charge in [0.05, 0.1) is 31.3 Å². The SMILES string of the molecule is COc1ccc(COCCC(=C(F)S(=O)(=O)c2ccccc2)C(O[SiH](C)C)C(C)(C)C)cc1. The van der Waals surface area contributed by atoms with E-state index in [1.807, 2.05) is 58.1 Å². The van der Waals surface area contributed by atoms with Gasteiger partial charge < -0.3 is 13.9 Å². The maximum Gasteiger partial charge on any atom is 0.233 e.